The molecule has 2 fully saturated rings. The predicted octanol–water partition coefficient (Wildman–Crippen LogP) is 4.68. The van der Waals surface area contributed by atoms with Crippen molar-refractivity contribution in [2.45, 2.75) is 52.4 Å². The highest BCUT2D eigenvalue weighted by Gasteiger charge is 2.33. The molecule has 5 aromatic rings. The molecule has 3 aromatic heterocycles. The lowest BCUT2D eigenvalue weighted by atomic mass is 9.79. The molecular formula is C39H38ClF3N10O5. The van der Waals surface area contributed by atoms with Gasteiger partial charge >= 0.3 is 6.18 Å². The van der Waals surface area contributed by atoms with E-state index in [1.165, 1.54) is 10.9 Å². The van der Waals surface area contributed by atoms with Crippen LogP contribution in [0.15, 0.2) is 65.2 Å². The first-order valence-electron chi connectivity index (χ1n) is 18.4. The Morgan fingerprint density at radius 2 is 1.78 bits per heavy atom. The molecule has 0 radical (unpaired) electrons. The molecule has 0 atom stereocenters. The van der Waals surface area contributed by atoms with Gasteiger partial charge in [-0.3, -0.25) is 19.2 Å². The summed E-state index contributed by atoms with van der Waals surface area (Å²) in [6, 6.07) is 12.1. The largest absolute Gasteiger partial charge is 0.485 e. The maximum Gasteiger partial charge on any atom is 0.416 e. The van der Waals surface area contributed by atoms with E-state index in [0.29, 0.717) is 24.2 Å². The Labute approximate surface area is 334 Å². The van der Waals surface area contributed by atoms with Crippen molar-refractivity contribution in [1.82, 2.24) is 34.0 Å². The van der Waals surface area contributed by atoms with E-state index in [0.717, 1.165) is 33.9 Å². The summed E-state index contributed by atoms with van der Waals surface area (Å²) in [6.45, 7) is 4.23. The average molecular weight is 819 g/mol. The number of alkyl halides is 3. The first-order chi connectivity index (χ1) is 27.7. The molecule has 19 heteroatoms. The number of benzene rings is 2. The number of nitrogens with two attached hydrogens (primary N) is 1. The lowest BCUT2D eigenvalue weighted by Gasteiger charge is -2.36. The van der Waals surface area contributed by atoms with Gasteiger partial charge in [-0.15, -0.1) is 5.10 Å². The van der Waals surface area contributed by atoms with Gasteiger partial charge in [-0.2, -0.15) is 22.7 Å². The molecule has 3 N–H and O–H groups in total. The zero-order chi connectivity index (χ0) is 41.3. The lowest BCUT2D eigenvalue weighted by molar-refractivity contribution is -0.137. The summed E-state index contributed by atoms with van der Waals surface area (Å²) >= 11 is 6.14. The van der Waals surface area contributed by atoms with Crippen molar-refractivity contribution in [3.63, 3.8) is 0 Å². The molecule has 1 saturated carbocycles. The quantitative estimate of drug-likeness (QED) is 0.190. The van der Waals surface area contributed by atoms with Crippen molar-refractivity contribution in [2.75, 3.05) is 36.4 Å². The van der Waals surface area contributed by atoms with Crippen molar-refractivity contribution in [3.05, 3.63) is 110 Å². The van der Waals surface area contributed by atoms with Gasteiger partial charge in [0.25, 0.3) is 11.5 Å². The topological polar surface area (TPSA) is 183 Å². The number of carbonyl (C=O) groups is 3. The van der Waals surface area contributed by atoms with Crippen LogP contribution in [0.25, 0.3) is 11.9 Å². The molecule has 3 amide bonds. The number of amides is 3. The zero-order valence-corrected chi connectivity index (χ0v) is 32.2. The third-order valence-corrected chi connectivity index (χ3v) is 10.4. The molecule has 2 aromatic carbocycles. The second kappa shape index (κ2) is 16.3. The summed E-state index contributed by atoms with van der Waals surface area (Å²) in [5.74, 6) is -1.23. The molecule has 1 saturated heterocycles. The molecule has 0 bridgehead atoms. The Bertz CT molecular complexity index is 2490. The normalized spacial score (nSPS) is 15.6. The molecule has 58 heavy (non-hydrogen) atoms. The van der Waals surface area contributed by atoms with Gasteiger partial charge in [-0.1, -0.05) is 54.4 Å². The Balaban J connectivity index is 1.17. The zero-order valence-electron chi connectivity index (χ0n) is 31.4. The molecule has 0 spiro atoms. The highest BCUT2D eigenvalue weighted by Crippen LogP contribution is 2.35. The first kappa shape index (κ1) is 39.9. The van der Waals surface area contributed by atoms with Crippen molar-refractivity contribution in [2.24, 2.45) is 11.7 Å². The number of nitrogens with one attached hydrogen (secondary N) is 1. The van der Waals surface area contributed by atoms with Gasteiger partial charge in [0.15, 0.2) is 17.3 Å². The monoisotopic (exact) mass is 818 g/mol. The van der Waals surface area contributed by atoms with Crippen LogP contribution in [-0.4, -0.2) is 77.9 Å². The Kier molecular flexibility index (Phi) is 11.2. The number of halogens is 4. The van der Waals surface area contributed by atoms with E-state index in [2.05, 4.69) is 25.4 Å². The van der Waals surface area contributed by atoms with Crippen molar-refractivity contribution in [3.8, 4) is 5.75 Å². The van der Waals surface area contributed by atoms with Crippen LogP contribution in [0.2, 0.25) is 5.02 Å². The highest BCUT2D eigenvalue weighted by molar-refractivity contribution is 6.33. The van der Waals surface area contributed by atoms with Crippen molar-refractivity contribution >= 4 is 52.6 Å². The van der Waals surface area contributed by atoms with Crippen LogP contribution in [0.4, 0.5) is 24.5 Å². The Morgan fingerprint density at radius 1 is 1.05 bits per heavy atom. The number of carbonyl (C=O) groups excluding carboxylic acids is 3. The fourth-order valence-electron chi connectivity index (χ4n) is 7.01. The second-order valence-corrected chi connectivity index (χ2v) is 14.4. The van der Waals surface area contributed by atoms with Gasteiger partial charge in [0.2, 0.25) is 17.6 Å². The lowest BCUT2D eigenvalue weighted by Crippen LogP contribution is -2.51. The van der Waals surface area contributed by atoms with Gasteiger partial charge in [0.1, 0.15) is 25.2 Å². The Hall–Kier alpha value is -6.30. The molecule has 1 aliphatic heterocycles. The summed E-state index contributed by atoms with van der Waals surface area (Å²) in [4.78, 5) is 69.9. The van der Waals surface area contributed by atoms with E-state index in [1.807, 2.05) is 42.2 Å². The van der Waals surface area contributed by atoms with Crippen molar-refractivity contribution < 1.29 is 32.3 Å². The molecule has 1 aliphatic carbocycles. The van der Waals surface area contributed by atoms with E-state index >= 15 is 0 Å². The number of rotatable bonds is 11. The molecule has 4 heterocycles. The van der Waals surface area contributed by atoms with Gasteiger partial charge in [0, 0.05) is 32.1 Å². The van der Waals surface area contributed by atoms with Crippen LogP contribution in [0.3, 0.4) is 0 Å². The molecule has 2 aliphatic rings. The summed E-state index contributed by atoms with van der Waals surface area (Å²) in [5, 5.41) is 6.74. The minimum Gasteiger partial charge on any atom is -0.485 e. The highest BCUT2D eigenvalue weighted by atomic mass is 35.5. The second-order valence-electron chi connectivity index (χ2n) is 14.0. The fourth-order valence-corrected chi connectivity index (χ4v) is 7.23. The summed E-state index contributed by atoms with van der Waals surface area (Å²) < 4.78 is 48.5. The number of fused-ring (bicyclic) bond motifs is 1. The number of ether oxygens (including phenoxy) is 1. The molecular weight excluding hydrogens is 781 g/mol. The van der Waals surface area contributed by atoms with E-state index in [9.17, 15) is 32.3 Å². The number of nitrogens with zero attached hydrogens (tertiary/aromatic N) is 8. The van der Waals surface area contributed by atoms with E-state index < -0.39 is 35.7 Å². The van der Waals surface area contributed by atoms with Gasteiger partial charge in [-0.05, 0) is 56.0 Å². The maximum atomic E-state index is 14.3. The summed E-state index contributed by atoms with van der Waals surface area (Å²) in [5.41, 5.74) is 6.99. The average Bonchev–Trinajstić information content (AvgIpc) is 3.61. The van der Waals surface area contributed by atoms with Crippen LogP contribution >= 0.6 is 11.6 Å². The van der Waals surface area contributed by atoms with Crippen LogP contribution in [0, 0.1) is 12.8 Å². The molecule has 0 unspecified atom stereocenters. The van der Waals surface area contributed by atoms with Crippen molar-refractivity contribution in [1.29, 1.82) is 0 Å². The van der Waals surface area contributed by atoms with Crippen LogP contribution in [0.5, 0.6) is 5.75 Å². The number of aryl methyl sites for hydroxylation is 1. The van der Waals surface area contributed by atoms with Gasteiger partial charge < -0.3 is 30.2 Å². The minimum absolute atomic E-state index is 0.0378. The number of primary amides is 1. The summed E-state index contributed by atoms with van der Waals surface area (Å²) in [7, 11) is 0. The summed E-state index contributed by atoms with van der Waals surface area (Å²) in [6.07, 6.45) is -0.537. The van der Waals surface area contributed by atoms with Gasteiger partial charge in [-0.25, -0.2) is 9.97 Å². The third kappa shape index (κ3) is 8.23. The standard InChI is InChI=1S/C39H38ClF3N10O5/c1-3-29-33(50-11-13-51(14-12-50)36(56)32-34(22(2)45-21-46-32)58-20-23-7-5-4-6-8-23)37(57)53-38(48-30(49-53)17-24-15-25(16-24)35(44)55)52(29)19-31(54)47-28-10-9-26(18-27(28)40)39(41,42)43/h4-10,17-18,21,25H,3,11-16,19-20H2,1-2H3,(H2,44,55)(H,47,54). The molecule has 7 rings (SSSR count). The fraction of sp³-hybridized carbons (Fsp3) is 0.333. The minimum atomic E-state index is -4.63. The Morgan fingerprint density at radius 3 is 2.43 bits per heavy atom. The van der Waals surface area contributed by atoms with E-state index in [4.69, 9.17) is 22.1 Å². The molecule has 302 valence electrons. The predicted molar refractivity (Wildman–Crippen MR) is 207 cm³/mol. The number of piperazine rings is 1. The SMILES string of the molecule is CCc1c(N2CCN(C(=O)c3ncnc(C)c3OCc3ccccc3)CC2)c(=O)n2nc(C=C3CC(C(N)=O)C3)nc2n1CC(=O)Nc1ccc(C(F)(F)F)cc1Cl. The number of allylic oxidation sites excluding steroid dienone is 1. The van der Waals surface area contributed by atoms with Crippen LogP contribution in [-0.2, 0) is 35.3 Å². The van der Waals surface area contributed by atoms with Crippen LogP contribution in [0.1, 0.15) is 58.6 Å². The third-order valence-electron chi connectivity index (χ3n) is 10.1. The number of aromatic nitrogens is 6. The van der Waals surface area contributed by atoms with Crippen LogP contribution < -0.4 is 26.2 Å². The number of hydrogen-bond donors (Lipinski definition) is 2. The number of hydrogen-bond acceptors (Lipinski definition) is 10. The first-order valence-corrected chi connectivity index (χ1v) is 18.8. The van der Waals surface area contributed by atoms with E-state index in [-0.39, 0.29) is 90.5 Å². The maximum absolute atomic E-state index is 14.3. The smallest absolute Gasteiger partial charge is 0.416 e. The van der Waals surface area contributed by atoms with Gasteiger partial charge in [0.05, 0.1) is 27.7 Å². The van der Waals surface area contributed by atoms with E-state index in [1.54, 1.807) is 17.9 Å². The number of anilines is 2. The molecule has 15 nitrogen and oxygen atoms in total.